The van der Waals surface area contributed by atoms with Crippen molar-refractivity contribution < 1.29 is 9.90 Å². The molecule has 0 bridgehead atoms. The third-order valence-corrected chi connectivity index (χ3v) is 4.57. The summed E-state index contributed by atoms with van der Waals surface area (Å²) in [6.45, 7) is 4.40. The van der Waals surface area contributed by atoms with Gasteiger partial charge < -0.3 is 5.11 Å². The highest BCUT2D eigenvalue weighted by molar-refractivity contribution is 5.79. The molecular formula is C19H22N4O2. The van der Waals surface area contributed by atoms with Crippen molar-refractivity contribution in [1.82, 2.24) is 20.1 Å². The summed E-state index contributed by atoms with van der Waals surface area (Å²) >= 11 is 0. The number of hydrogen-bond acceptors (Lipinski definition) is 4. The summed E-state index contributed by atoms with van der Waals surface area (Å²) in [5.74, 6) is -0.868. The van der Waals surface area contributed by atoms with Crippen molar-refractivity contribution in [2.24, 2.45) is 7.05 Å². The van der Waals surface area contributed by atoms with Gasteiger partial charge in [0.2, 0.25) is 0 Å². The Morgan fingerprint density at radius 2 is 2.08 bits per heavy atom. The molecule has 3 rings (SSSR count). The minimum absolute atomic E-state index is 0.380. The van der Waals surface area contributed by atoms with Gasteiger partial charge in [-0.3, -0.25) is 19.8 Å². The molecule has 0 fully saturated rings. The van der Waals surface area contributed by atoms with E-state index in [9.17, 15) is 9.90 Å². The van der Waals surface area contributed by atoms with Crippen molar-refractivity contribution >= 4 is 16.9 Å². The SMILES string of the molecule is Cc1nn(C)c(C)c1CNC(Cc1cnc2ccccc2c1)C(=O)O. The molecule has 25 heavy (non-hydrogen) atoms. The number of nitrogens with one attached hydrogen (secondary N) is 1. The molecule has 2 N–H and O–H groups in total. The first-order valence-electron chi connectivity index (χ1n) is 8.24. The van der Waals surface area contributed by atoms with Crippen molar-refractivity contribution in [2.45, 2.75) is 32.9 Å². The summed E-state index contributed by atoms with van der Waals surface area (Å²) in [7, 11) is 1.89. The first-order chi connectivity index (χ1) is 12.0. The third kappa shape index (κ3) is 3.69. The molecular weight excluding hydrogens is 316 g/mol. The van der Waals surface area contributed by atoms with E-state index < -0.39 is 12.0 Å². The zero-order valence-corrected chi connectivity index (χ0v) is 14.7. The van der Waals surface area contributed by atoms with Crippen LogP contribution in [-0.4, -0.2) is 31.9 Å². The van der Waals surface area contributed by atoms with E-state index in [0.717, 1.165) is 33.4 Å². The van der Waals surface area contributed by atoms with Gasteiger partial charge in [-0.2, -0.15) is 5.10 Å². The molecule has 6 heteroatoms. The average Bonchev–Trinajstić information content (AvgIpc) is 2.83. The molecule has 6 nitrogen and oxygen atoms in total. The smallest absolute Gasteiger partial charge is 0.321 e. The summed E-state index contributed by atoms with van der Waals surface area (Å²) < 4.78 is 1.81. The number of benzene rings is 1. The largest absolute Gasteiger partial charge is 0.480 e. The van der Waals surface area contributed by atoms with Crippen molar-refractivity contribution in [3.8, 4) is 0 Å². The number of pyridine rings is 1. The van der Waals surface area contributed by atoms with Crippen LogP contribution in [0.2, 0.25) is 0 Å². The van der Waals surface area contributed by atoms with Crippen molar-refractivity contribution in [1.29, 1.82) is 0 Å². The second kappa shape index (κ2) is 7.03. The standard InChI is InChI=1S/C19H22N4O2/c1-12-16(13(2)23(3)22-12)11-21-18(19(24)25)9-14-8-15-6-4-5-7-17(15)20-10-14/h4-8,10,18,21H,9,11H2,1-3H3,(H,24,25). The van der Waals surface area contributed by atoms with Crippen LogP contribution < -0.4 is 5.32 Å². The van der Waals surface area contributed by atoms with Crippen LogP contribution in [0.3, 0.4) is 0 Å². The Balaban J connectivity index is 1.75. The molecule has 0 aliphatic rings. The van der Waals surface area contributed by atoms with Crippen molar-refractivity contribution in [3.05, 3.63) is 59.0 Å². The summed E-state index contributed by atoms with van der Waals surface area (Å²) in [5, 5.41) is 18.1. The highest BCUT2D eigenvalue weighted by atomic mass is 16.4. The zero-order chi connectivity index (χ0) is 18.0. The number of fused-ring (bicyclic) bond motifs is 1. The fourth-order valence-corrected chi connectivity index (χ4v) is 3.01. The number of aliphatic carboxylic acids is 1. The highest BCUT2D eigenvalue weighted by Gasteiger charge is 2.19. The molecule has 0 spiro atoms. The minimum Gasteiger partial charge on any atom is -0.480 e. The van der Waals surface area contributed by atoms with Gasteiger partial charge in [0.15, 0.2) is 0 Å². The minimum atomic E-state index is -0.868. The van der Waals surface area contributed by atoms with Gasteiger partial charge in [-0.15, -0.1) is 0 Å². The molecule has 0 aliphatic carbocycles. The van der Waals surface area contributed by atoms with E-state index in [0.29, 0.717) is 13.0 Å². The maximum Gasteiger partial charge on any atom is 0.321 e. The van der Waals surface area contributed by atoms with Crippen LogP contribution in [0.1, 0.15) is 22.5 Å². The quantitative estimate of drug-likeness (QED) is 0.721. The monoisotopic (exact) mass is 338 g/mol. The van der Waals surface area contributed by atoms with E-state index >= 15 is 0 Å². The number of aromatic nitrogens is 3. The summed E-state index contributed by atoms with van der Waals surface area (Å²) in [6, 6.07) is 9.14. The molecule has 0 amide bonds. The molecule has 130 valence electrons. The van der Waals surface area contributed by atoms with E-state index in [4.69, 9.17) is 0 Å². The summed E-state index contributed by atoms with van der Waals surface area (Å²) in [5.41, 5.74) is 4.82. The van der Waals surface area contributed by atoms with Gasteiger partial charge in [-0.25, -0.2) is 0 Å². The topological polar surface area (TPSA) is 80.0 Å². The van der Waals surface area contributed by atoms with Crippen LogP contribution in [0.15, 0.2) is 36.5 Å². The maximum atomic E-state index is 11.7. The van der Waals surface area contributed by atoms with E-state index in [1.165, 1.54) is 0 Å². The van der Waals surface area contributed by atoms with Gasteiger partial charge in [-0.1, -0.05) is 18.2 Å². The molecule has 0 aliphatic heterocycles. The number of rotatable bonds is 6. The number of hydrogen-bond donors (Lipinski definition) is 2. The van der Waals surface area contributed by atoms with E-state index in [2.05, 4.69) is 15.4 Å². The number of carbonyl (C=O) groups is 1. The normalized spacial score (nSPS) is 12.4. The Hall–Kier alpha value is -2.73. The Morgan fingerprint density at radius 1 is 1.32 bits per heavy atom. The van der Waals surface area contributed by atoms with Gasteiger partial charge >= 0.3 is 5.97 Å². The fourth-order valence-electron chi connectivity index (χ4n) is 3.01. The molecule has 2 aromatic heterocycles. The van der Waals surface area contributed by atoms with Crippen LogP contribution in [0.25, 0.3) is 10.9 Å². The number of carboxylic acid groups (broad SMARTS) is 1. The Labute approximate surface area is 146 Å². The van der Waals surface area contributed by atoms with Crippen LogP contribution in [0, 0.1) is 13.8 Å². The Kier molecular flexibility index (Phi) is 4.81. The first-order valence-corrected chi connectivity index (χ1v) is 8.24. The van der Waals surface area contributed by atoms with E-state index in [1.54, 1.807) is 6.20 Å². The number of aryl methyl sites for hydroxylation is 2. The molecule has 0 saturated heterocycles. The lowest BCUT2D eigenvalue weighted by Crippen LogP contribution is -2.38. The number of carboxylic acids is 1. The highest BCUT2D eigenvalue weighted by Crippen LogP contribution is 2.15. The first kappa shape index (κ1) is 17.1. The van der Waals surface area contributed by atoms with Gasteiger partial charge in [0.25, 0.3) is 0 Å². The summed E-state index contributed by atoms with van der Waals surface area (Å²) in [6.07, 6.45) is 2.13. The van der Waals surface area contributed by atoms with Gasteiger partial charge in [0, 0.05) is 36.4 Å². The van der Waals surface area contributed by atoms with E-state index in [-0.39, 0.29) is 0 Å². The molecule has 1 unspecified atom stereocenters. The van der Waals surface area contributed by atoms with Gasteiger partial charge in [-0.05, 0) is 38.0 Å². The fraction of sp³-hybridized carbons (Fsp3) is 0.316. The van der Waals surface area contributed by atoms with Gasteiger partial charge in [0.1, 0.15) is 6.04 Å². The van der Waals surface area contributed by atoms with Crippen LogP contribution in [0.4, 0.5) is 0 Å². The van der Waals surface area contributed by atoms with Crippen LogP contribution >= 0.6 is 0 Å². The predicted octanol–water partition coefficient (Wildman–Crippen LogP) is 2.37. The van der Waals surface area contributed by atoms with Crippen molar-refractivity contribution in [3.63, 3.8) is 0 Å². The van der Waals surface area contributed by atoms with Crippen molar-refractivity contribution in [2.75, 3.05) is 0 Å². The second-order valence-electron chi connectivity index (χ2n) is 6.29. The molecule has 1 atom stereocenters. The molecule has 0 saturated carbocycles. The molecule has 2 heterocycles. The second-order valence-corrected chi connectivity index (χ2v) is 6.29. The van der Waals surface area contributed by atoms with Crippen LogP contribution in [-0.2, 0) is 24.8 Å². The van der Waals surface area contributed by atoms with Gasteiger partial charge in [0.05, 0.1) is 11.2 Å². The summed E-state index contributed by atoms with van der Waals surface area (Å²) in [4.78, 5) is 16.1. The van der Waals surface area contributed by atoms with E-state index in [1.807, 2.05) is 55.9 Å². The zero-order valence-electron chi connectivity index (χ0n) is 14.7. The molecule has 3 aromatic rings. The lowest BCUT2D eigenvalue weighted by Gasteiger charge is -2.15. The lowest BCUT2D eigenvalue weighted by molar-refractivity contribution is -0.139. The molecule has 0 radical (unpaired) electrons. The lowest BCUT2D eigenvalue weighted by atomic mass is 10.0. The maximum absolute atomic E-state index is 11.7. The number of nitrogens with zero attached hydrogens (tertiary/aromatic N) is 3. The average molecular weight is 338 g/mol. The van der Waals surface area contributed by atoms with Crippen LogP contribution in [0.5, 0.6) is 0 Å². The third-order valence-electron chi connectivity index (χ3n) is 4.57. The number of para-hydroxylation sites is 1. The Bertz CT molecular complexity index is 917. The predicted molar refractivity (Wildman–Crippen MR) is 96.4 cm³/mol. The molecule has 1 aromatic carbocycles. The Morgan fingerprint density at radius 3 is 2.76 bits per heavy atom.